The molecule has 0 saturated carbocycles. The van der Waals surface area contributed by atoms with E-state index in [9.17, 15) is 4.79 Å². The molecule has 0 aliphatic heterocycles. The average molecular weight is 389 g/mol. The summed E-state index contributed by atoms with van der Waals surface area (Å²) in [5.74, 6) is -0.319. The molecule has 0 saturated heterocycles. The number of halogens is 3. The lowest BCUT2D eigenvalue weighted by Gasteiger charge is -2.08. The summed E-state index contributed by atoms with van der Waals surface area (Å²) in [5, 5.41) is 9.40. The second-order valence-corrected chi connectivity index (χ2v) is 5.57. The van der Waals surface area contributed by atoms with Crippen LogP contribution in [-0.4, -0.2) is 16.1 Å². The molecule has 4 nitrogen and oxygen atoms in total. The van der Waals surface area contributed by atoms with Crippen LogP contribution in [-0.2, 0) is 4.79 Å². The van der Waals surface area contributed by atoms with E-state index in [0.717, 1.165) is 6.08 Å². The molecule has 7 heteroatoms. The number of aliphatic carboxylic acids is 1. The molecule has 1 N–H and O–H groups in total. The molecule has 0 atom stereocenters. The van der Waals surface area contributed by atoms with Gasteiger partial charge >= 0.3 is 5.97 Å². The van der Waals surface area contributed by atoms with Crippen LogP contribution in [0.15, 0.2) is 41.0 Å². The van der Waals surface area contributed by atoms with Crippen LogP contribution in [0.2, 0.25) is 10.0 Å². The van der Waals surface area contributed by atoms with Crippen LogP contribution in [0.25, 0.3) is 6.08 Å². The Bertz CT molecular complexity index is 702. The first-order chi connectivity index (χ1) is 9.95. The third-order valence-corrected chi connectivity index (χ3v) is 3.86. The first kappa shape index (κ1) is 15.8. The number of benzene rings is 1. The fraction of sp³-hybridized carbons (Fsp3) is 0. The zero-order chi connectivity index (χ0) is 15.4. The first-order valence-corrected chi connectivity index (χ1v) is 7.20. The van der Waals surface area contributed by atoms with E-state index in [1.807, 2.05) is 0 Å². The monoisotopic (exact) mass is 387 g/mol. The molecule has 2 aromatic rings. The van der Waals surface area contributed by atoms with E-state index in [0.29, 0.717) is 31.7 Å². The normalized spacial score (nSPS) is 10.8. The van der Waals surface area contributed by atoms with Crippen LogP contribution < -0.4 is 4.74 Å². The van der Waals surface area contributed by atoms with Crippen LogP contribution in [0.1, 0.15) is 5.56 Å². The van der Waals surface area contributed by atoms with Gasteiger partial charge in [-0.3, -0.25) is 0 Å². The fourth-order valence-electron chi connectivity index (χ4n) is 1.41. The van der Waals surface area contributed by atoms with Crippen LogP contribution in [0.5, 0.6) is 11.6 Å². The third kappa shape index (κ3) is 4.46. The van der Waals surface area contributed by atoms with Crippen LogP contribution in [0, 0.1) is 0 Å². The van der Waals surface area contributed by atoms with Gasteiger partial charge in [-0.15, -0.1) is 0 Å². The van der Waals surface area contributed by atoms with Crippen LogP contribution in [0.3, 0.4) is 0 Å². The van der Waals surface area contributed by atoms with Crippen molar-refractivity contribution in [3.63, 3.8) is 0 Å². The maximum absolute atomic E-state index is 10.4. The Balaban J connectivity index is 2.17. The minimum atomic E-state index is -1.02. The minimum absolute atomic E-state index is 0.322. The average Bonchev–Trinajstić information content (AvgIpc) is 2.44. The Hall–Kier alpha value is -1.56. The highest BCUT2D eigenvalue weighted by Crippen LogP contribution is 2.36. The molecule has 0 spiro atoms. The molecule has 0 aliphatic carbocycles. The maximum atomic E-state index is 10.4. The van der Waals surface area contributed by atoms with Gasteiger partial charge < -0.3 is 9.84 Å². The molecule has 1 aromatic carbocycles. The summed E-state index contributed by atoms with van der Waals surface area (Å²) in [6.45, 7) is 0. The first-order valence-electron chi connectivity index (χ1n) is 5.65. The number of aromatic nitrogens is 1. The molecule has 1 aromatic heterocycles. The van der Waals surface area contributed by atoms with Crippen molar-refractivity contribution < 1.29 is 14.6 Å². The second-order valence-electron chi connectivity index (χ2n) is 3.90. The molecule has 0 bridgehead atoms. The number of nitrogens with zero attached hydrogens (tertiary/aromatic N) is 1. The van der Waals surface area contributed by atoms with E-state index in [4.69, 9.17) is 33.0 Å². The van der Waals surface area contributed by atoms with Gasteiger partial charge in [0.25, 0.3) is 0 Å². The zero-order valence-electron chi connectivity index (χ0n) is 10.4. The summed E-state index contributed by atoms with van der Waals surface area (Å²) in [6.07, 6.45) is 3.95. The van der Waals surface area contributed by atoms with Gasteiger partial charge in [0.15, 0.2) is 0 Å². The smallest absolute Gasteiger partial charge is 0.328 e. The van der Waals surface area contributed by atoms with Gasteiger partial charge in [-0.2, -0.15) is 0 Å². The number of hydrogen-bond donors (Lipinski definition) is 1. The van der Waals surface area contributed by atoms with Crippen LogP contribution >= 0.6 is 39.1 Å². The molecule has 2 rings (SSSR count). The third-order valence-electron chi connectivity index (χ3n) is 2.37. The largest absolute Gasteiger partial charge is 0.478 e. The topological polar surface area (TPSA) is 59.4 Å². The molecule has 21 heavy (non-hydrogen) atoms. The molecule has 1 heterocycles. The quantitative estimate of drug-likeness (QED) is 0.588. The van der Waals surface area contributed by atoms with E-state index < -0.39 is 5.97 Å². The van der Waals surface area contributed by atoms with Gasteiger partial charge in [0.1, 0.15) is 5.75 Å². The molecular formula is C14H8BrCl2NO3. The molecule has 0 aliphatic rings. The Kier molecular flexibility index (Phi) is 5.22. The maximum Gasteiger partial charge on any atom is 0.328 e. The lowest BCUT2D eigenvalue weighted by Crippen LogP contribution is -1.90. The van der Waals surface area contributed by atoms with Gasteiger partial charge in [-0.1, -0.05) is 23.2 Å². The highest BCUT2D eigenvalue weighted by atomic mass is 79.9. The lowest BCUT2D eigenvalue weighted by molar-refractivity contribution is -0.131. The molecule has 0 radical (unpaired) electrons. The Morgan fingerprint density at radius 3 is 2.67 bits per heavy atom. The van der Waals surface area contributed by atoms with Gasteiger partial charge in [-0.05, 0) is 39.7 Å². The molecule has 0 fully saturated rings. The number of rotatable bonds is 4. The summed E-state index contributed by atoms with van der Waals surface area (Å²) in [4.78, 5) is 14.5. The van der Waals surface area contributed by atoms with E-state index >= 15 is 0 Å². The molecule has 0 unspecified atom stereocenters. The van der Waals surface area contributed by atoms with Crippen molar-refractivity contribution >= 4 is 51.2 Å². The number of hydrogen-bond acceptors (Lipinski definition) is 3. The number of carboxylic acid groups (broad SMARTS) is 1. The Morgan fingerprint density at radius 1 is 1.29 bits per heavy atom. The van der Waals surface area contributed by atoms with Gasteiger partial charge in [-0.25, -0.2) is 9.78 Å². The van der Waals surface area contributed by atoms with Crippen molar-refractivity contribution in [3.05, 3.63) is 56.6 Å². The van der Waals surface area contributed by atoms with Crippen molar-refractivity contribution in [1.29, 1.82) is 0 Å². The highest BCUT2D eigenvalue weighted by Gasteiger charge is 2.08. The Morgan fingerprint density at radius 2 is 2.05 bits per heavy atom. The van der Waals surface area contributed by atoms with Gasteiger partial charge in [0.05, 0.1) is 10.0 Å². The number of ether oxygens (including phenoxy) is 1. The van der Waals surface area contributed by atoms with Crippen molar-refractivity contribution in [2.45, 2.75) is 0 Å². The van der Waals surface area contributed by atoms with E-state index in [1.165, 1.54) is 12.3 Å². The van der Waals surface area contributed by atoms with Gasteiger partial charge in [0, 0.05) is 28.9 Å². The fourth-order valence-corrected chi connectivity index (χ4v) is 2.24. The molecular weight excluding hydrogens is 381 g/mol. The lowest BCUT2D eigenvalue weighted by atomic mass is 10.2. The summed E-state index contributed by atoms with van der Waals surface area (Å²) < 4.78 is 6.21. The zero-order valence-corrected chi connectivity index (χ0v) is 13.5. The number of carboxylic acids is 1. The summed E-state index contributed by atoms with van der Waals surface area (Å²) in [7, 11) is 0. The van der Waals surface area contributed by atoms with Crippen LogP contribution in [0.4, 0.5) is 0 Å². The highest BCUT2D eigenvalue weighted by molar-refractivity contribution is 9.10. The predicted molar refractivity (Wildman–Crippen MR) is 85.1 cm³/mol. The van der Waals surface area contributed by atoms with E-state index in [-0.39, 0.29) is 0 Å². The minimum Gasteiger partial charge on any atom is -0.478 e. The van der Waals surface area contributed by atoms with E-state index in [1.54, 1.807) is 24.3 Å². The predicted octanol–water partition coefficient (Wildman–Crippen LogP) is 5.04. The van der Waals surface area contributed by atoms with Crippen molar-refractivity contribution in [2.75, 3.05) is 0 Å². The number of pyridine rings is 1. The molecule has 108 valence electrons. The van der Waals surface area contributed by atoms with E-state index in [2.05, 4.69) is 20.9 Å². The summed E-state index contributed by atoms with van der Waals surface area (Å²) >= 11 is 15.3. The standard InChI is InChI=1S/C14H8BrCl2NO3/c15-9-5-11(17)12(6-10(9)16)21-13-3-1-8(7-18-13)2-4-14(19)20/h1-7H,(H,19,20)/b4-2+. The summed E-state index contributed by atoms with van der Waals surface area (Å²) in [5.41, 5.74) is 0.643. The van der Waals surface area contributed by atoms with Gasteiger partial charge in [0.2, 0.25) is 5.88 Å². The van der Waals surface area contributed by atoms with Crippen molar-refractivity contribution in [3.8, 4) is 11.6 Å². The number of carbonyl (C=O) groups is 1. The molecule has 0 amide bonds. The van der Waals surface area contributed by atoms with Crippen molar-refractivity contribution in [1.82, 2.24) is 4.98 Å². The second kappa shape index (κ2) is 6.93. The summed E-state index contributed by atoms with van der Waals surface area (Å²) in [6, 6.07) is 6.49. The SMILES string of the molecule is O=C(O)/C=C/c1ccc(Oc2cc(Cl)c(Br)cc2Cl)nc1. The van der Waals surface area contributed by atoms with Crippen molar-refractivity contribution in [2.24, 2.45) is 0 Å². The Labute approximate surface area is 139 Å².